The number of carbonyl (C=O) groups excluding carboxylic acids is 2. The lowest BCUT2D eigenvalue weighted by Gasteiger charge is -2.19. The average Bonchev–Trinajstić information content (AvgIpc) is 3.39. The summed E-state index contributed by atoms with van der Waals surface area (Å²) in [6.45, 7) is 7.94. The van der Waals surface area contributed by atoms with Gasteiger partial charge in [0.1, 0.15) is 6.54 Å². The van der Waals surface area contributed by atoms with Crippen molar-refractivity contribution < 1.29 is 9.59 Å². The van der Waals surface area contributed by atoms with Gasteiger partial charge in [-0.2, -0.15) is 0 Å². The molecule has 1 N–H and O–H groups in total. The molecule has 1 aromatic carbocycles. The van der Waals surface area contributed by atoms with E-state index >= 15 is 0 Å². The van der Waals surface area contributed by atoms with Gasteiger partial charge in [-0.25, -0.2) is 0 Å². The van der Waals surface area contributed by atoms with Gasteiger partial charge in [-0.05, 0) is 62.8 Å². The van der Waals surface area contributed by atoms with Gasteiger partial charge in [0.25, 0.3) is 0 Å². The first-order chi connectivity index (χ1) is 12.5. The molecule has 0 aliphatic heterocycles. The van der Waals surface area contributed by atoms with Crippen LogP contribution in [-0.2, 0) is 16.1 Å². The van der Waals surface area contributed by atoms with Gasteiger partial charge in [0.2, 0.25) is 11.8 Å². The van der Waals surface area contributed by atoms with Crippen molar-refractivity contribution in [3.05, 3.63) is 30.5 Å². The van der Waals surface area contributed by atoms with Gasteiger partial charge in [-0.15, -0.1) is 0 Å². The normalized spacial score (nSPS) is 15.0. The number of fused-ring (bicyclic) bond motifs is 1. The van der Waals surface area contributed by atoms with E-state index in [-0.39, 0.29) is 11.8 Å². The SMILES string of the molecule is CCN(CC)C(=O)Cn1ccc2cc(NC(=O)CC(C)C3CC3)ccc21. The number of benzene rings is 1. The van der Waals surface area contributed by atoms with E-state index in [1.165, 1.54) is 12.8 Å². The third-order valence-corrected chi connectivity index (χ3v) is 5.41. The van der Waals surface area contributed by atoms with Crippen LogP contribution in [0.3, 0.4) is 0 Å². The largest absolute Gasteiger partial charge is 0.342 e. The number of likely N-dealkylation sites (N-methyl/N-ethyl adjacent to an activating group) is 1. The third-order valence-electron chi connectivity index (χ3n) is 5.41. The highest BCUT2D eigenvalue weighted by molar-refractivity contribution is 5.94. The number of hydrogen-bond donors (Lipinski definition) is 1. The summed E-state index contributed by atoms with van der Waals surface area (Å²) in [4.78, 5) is 26.4. The first-order valence-electron chi connectivity index (χ1n) is 9.68. The Kier molecular flexibility index (Phi) is 5.64. The second-order valence-corrected chi connectivity index (χ2v) is 7.35. The number of aromatic nitrogens is 1. The summed E-state index contributed by atoms with van der Waals surface area (Å²) in [6.07, 6.45) is 5.05. The number of carbonyl (C=O) groups is 2. The van der Waals surface area contributed by atoms with E-state index in [9.17, 15) is 9.59 Å². The predicted octanol–water partition coefficient (Wildman–Crippen LogP) is 3.88. The van der Waals surface area contributed by atoms with Crippen molar-refractivity contribution in [1.29, 1.82) is 0 Å². The molecule has 0 spiro atoms. The Morgan fingerprint density at radius 1 is 1.23 bits per heavy atom. The van der Waals surface area contributed by atoms with Crippen LogP contribution in [0.4, 0.5) is 5.69 Å². The van der Waals surface area contributed by atoms with Crippen molar-refractivity contribution in [1.82, 2.24) is 9.47 Å². The van der Waals surface area contributed by atoms with Crippen molar-refractivity contribution >= 4 is 28.4 Å². The highest BCUT2D eigenvalue weighted by Crippen LogP contribution is 2.38. The van der Waals surface area contributed by atoms with E-state index in [1.54, 1.807) is 0 Å². The molecule has 1 fully saturated rings. The minimum Gasteiger partial charge on any atom is -0.342 e. The lowest BCUT2D eigenvalue weighted by Crippen LogP contribution is -2.33. The molecule has 1 aromatic heterocycles. The van der Waals surface area contributed by atoms with E-state index in [1.807, 2.05) is 53.8 Å². The summed E-state index contributed by atoms with van der Waals surface area (Å²) in [5.74, 6) is 1.41. The molecular formula is C21H29N3O2. The van der Waals surface area contributed by atoms with Gasteiger partial charge in [-0.1, -0.05) is 6.92 Å². The molecular weight excluding hydrogens is 326 g/mol. The Balaban J connectivity index is 1.66. The van der Waals surface area contributed by atoms with Crippen molar-refractivity contribution in [2.24, 2.45) is 11.8 Å². The molecule has 1 aliphatic rings. The maximum atomic E-state index is 12.3. The molecule has 2 aromatic rings. The monoisotopic (exact) mass is 355 g/mol. The van der Waals surface area contributed by atoms with Crippen molar-refractivity contribution in [2.45, 2.75) is 46.6 Å². The van der Waals surface area contributed by atoms with Gasteiger partial charge in [-0.3, -0.25) is 9.59 Å². The van der Waals surface area contributed by atoms with E-state index in [4.69, 9.17) is 0 Å². The fourth-order valence-corrected chi connectivity index (χ4v) is 3.57. The molecule has 1 unspecified atom stereocenters. The lowest BCUT2D eigenvalue weighted by molar-refractivity contribution is -0.131. The highest BCUT2D eigenvalue weighted by Gasteiger charge is 2.29. The summed E-state index contributed by atoms with van der Waals surface area (Å²) >= 11 is 0. The first-order valence-corrected chi connectivity index (χ1v) is 9.68. The van der Waals surface area contributed by atoms with E-state index < -0.39 is 0 Å². The molecule has 0 saturated heterocycles. The summed E-state index contributed by atoms with van der Waals surface area (Å²) in [5.41, 5.74) is 1.83. The molecule has 1 heterocycles. The van der Waals surface area contributed by atoms with Crippen LogP contribution >= 0.6 is 0 Å². The highest BCUT2D eigenvalue weighted by atomic mass is 16.2. The Labute approximate surface area is 155 Å². The smallest absolute Gasteiger partial charge is 0.242 e. The minimum atomic E-state index is 0.0832. The van der Waals surface area contributed by atoms with Crippen molar-refractivity contribution in [3.8, 4) is 0 Å². The molecule has 5 heteroatoms. The molecule has 0 bridgehead atoms. The Morgan fingerprint density at radius 3 is 2.62 bits per heavy atom. The van der Waals surface area contributed by atoms with Crippen LogP contribution in [0.2, 0.25) is 0 Å². The summed E-state index contributed by atoms with van der Waals surface area (Å²) in [6, 6.07) is 7.87. The predicted molar refractivity (Wildman–Crippen MR) is 105 cm³/mol. The lowest BCUT2D eigenvalue weighted by atomic mass is 10.0. The fraction of sp³-hybridized carbons (Fsp3) is 0.524. The van der Waals surface area contributed by atoms with Crippen LogP contribution in [0.5, 0.6) is 0 Å². The van der Waals surface area contributed by atoms with E-state index in [0.29, 0.717) is 18.9 Å². The molecule has 0 radical (unpaired) electrons. The molecule has 2 amide bonds. The number of hydrogen-bond acceptors (Lipinski definition) is 2. The van der Waals surface area contributed by atoms with Crippen LogP contribution in [0.15, 0.2) is 30.5 Å². The summed E-state index contributed by atoms with van der Waals surface area (Å²) in [5, 5.41) is 4.04. The Bertz CT molecular complexity index is 788. The van der Waals surface area contributed by atoms with Gasteiger partial charge in [0.05, 0.1) is 0 Å². The second-order valence-electron chi connectivity index (χ2n) is 7.35. The van der Waals surface area contributed by atoms with Gasteiger partial charge < -0.3 is 14.8 Å². The van der Waals surface area contributed by atoms with Crippen LogP contribution in [0.1, 0.15) is 40.0 Å². The van der Waals surface area contributed by atoms with Crippen LogP contribution in [0.25, 0.3) is 10.9 Å². The van der Waals surface area contributed by atoms with Crippen LogP contribution in [0, 0.1) is 11.8 Å². The average molecular weight is 355 g/mol. The van der Waals surface area contributed by atoms with Gasteiger partial charge in [0, 0.05) is 42.3 Å². The number of nitrogens with zero attached hydrogens (tertiary/aromatic N) is 2. The fourth-order valence-electron chi connectivity index (χ4n) is 3.57. The maximum absolute atomic E-state index is 12.3. The standard InChI is InChI=1S/C21H29N3O2/c1-4-23(5-2)21(26)14-24-11-10-17-13-18(8-9-19(17)24)22-20(25)12-15(3)16-6-7-16/h8-11,13,15-16H,4-7,12,14H2,1-3H3,(H,22,25). The molecule has 5 nitrogen and oxygen atoms in total. The molecule has 1 atom stereocenters. The molecule has 140 valence electrons. The zero-order chi connectivity index (χ0) is 18.7. The Morgan fingerprint density at radius 2 is 1.96 bits per heavy atom. The van der Waals surface area contributed by atoms with Crippen molar-refractivity contribution in [3.63, 3.8) is 0 Å². The molecule has 1 saturated carbocycles. The minimum absolute atomic E-state index is 0.0832. The maximum Gasteiger partial charge on any atom is 0.242 e. The van der Waals surface area contributed by atoms with E-state index in [0.717, 1.165) is 35.6 Å². The zero-order valence-corrected chi connectivity index (χ0v) is 16.0. The van der Waals surface area contributed by atoms with Gasteiger partial charge >= 0.3 is 0 Å². The molecule has 26 heavy (non-hydrogen) atoms. The number of rotatable bonds is 8. The van der Waals surface area contributed by atoms with Crippen LogP contribution < -0.4 is 5.32 Å². The van der Waals surface area contributed by atoms with Crippen molar-refractivity contribution in [2.75, 3.05) is 18.4 Å². The summed E-state index contributed by atoms with van der Waals surface area (Å²) < 4.78 is 1.97. The quantitative estimate of drug-likeness (QED) is 0.781. The summed E-state index contributed by atoms with van der Waals surface area (Å²) in [7, 11) is 0. The number of anilines is 1. The molecule has 1 aliphatic carbocycles. The van der Waals surface area contributed by atoms with E-state index in [2.05, 4.69) is 12.2 Å². The number of nitrogens with one attached hydrogen (secondary N) is 1. The zero-order valence-electron chi connectivity index (χ0n) is 16.0. The second kappa shape index (κ2) is 7.94. The topological polar surface area (TPSA) is 54.3 Å². The first kappa shape index (κ1) is 18.5. The number of amides is 2. The van der Waals surface area contributed by atoms with Crippen LogP contribution in [-0.4, -0.2) is 34.4 Å². The molecule has 3 rings (SSSR count). The Hall–Kier alpha value is -2.30. The third kappa shape index (κ3) is 4.26. The van der Waals surface area contributed by atoms with Gasteiger partial charge in [0.15, 0.2) is 0 Å².